The fraction of sp³-hybridized carbons (Fsp3) is 0.125. The summed E-state index contributed by atoms with van der Waals surface area (Å²) < 4.78 is 6.63. The smallest absolute Gasteiger partial charge is 0.149 e. The van der Waals surface area contributed by atoms with Crippen LogP contribution >= 0.6 is 15.9 Å². The standard InChI is InChI=1S/C16H13BrO/c1-2-3-11-18-16-6-4-5-14(12-16)13-7-9-15(17)10-8-13/h4-10,12H,11H2,1H3. The summed E-state index contributed by atoms with van der Waals surface area (Å²) in [5, 5.41) is 0. The third-order valence-corrected chi connectivity index (χ3v) is 3.03. The van der Waals surface area contributed by atoms with Gasteiger partial charge >= 0.3 is 0 Å². The van der Waals surface area contributed by atoms with Crippen LogP contribution in [0.3, 0.4) is 0 Å². The molecule has 0 amide bonds. The summed E-state index contributed by atoms with van der Waals surface area (Å²) in [6.07, 6.45) is 0. The predicted molar refractivity (Wildman–Crippen MR) is 78.5 cm³/mol. The molecule has 0 heterocycles. The molecule has 0 aliphatic rings. The maximum Gasteiger partial charge on any atom is 0.149 e. The van der Waals surface area contributed by atoms with Crippen LogP contribution in [0.25, 0.3) is 11.1 Å². The molecule has 2 heteroatoms. The van der Waals surface area contributed by atoms with Crippen LogP contribution in [0.1, 0.15) is 6.92 Å². The fourth-order valence-electron chi connectivity index (χ4n) is 1.60. The Labute approximate surface area is 116 Å². The van der Waals surface area contributed by atoms with Crippen LogP contribution < -0.4 is 4.74 Å². The average molecular weight is 301 g/mol. The molecule has 0 N–H and O–H groups in total. The summed E-state index contributed by atoms with van der Waals surface area (Å²) in [5.74, 6) is 6.54. The number of hydrogen-bond donors (Lipinski definition) is 0. The highest BCUT2D eigenvalue weighted by molar-refractivity contribution is 9.10. The molecule has 0 aliphatic heterocycles. The number of benzene rings is 2. The molecule has 0 saturated heterocycles. The third-order valence-electron chi connectivity index (χ3n) is 2.50. The van der Waals surface area contributed by atoms with Crippen LogP contribution in [0.15, 0.2) is 53.0 Å². The van der Waals surface area contributed by atoms with Crippen molar-refractivity contribution in [3.63, 3.8) is 0 Å². The van der Waals surface area contributed by atoms with Crippen molar-refractivity contribution >= 4 is 15.9 Å². The first-order valence-electron chi connectivity index (χ1n) is 5.68. The average Bonchev–Trinajstić information content (AvgIpc) is 2.40. The van der Waals surface area contributed by atoms with Gasteiger partial charge in [0.05, 0.1) is 0 Å². The molecule has 0 aliphatic carbocycles. The highest BCUT2D eigenvalue weighted by Crippen LogP contribution is 2.25. The lowest BCUT2D eigenvalue weighted by atomic mass is 10.1. The Morgan fingerprint density at radius 3 is 2.56 bits per heavy atom. The minimum absolute atomic E-state index is 0.431. The van der Waals surface area contributed by atoms with Crippen molar-refractivity contribution in [1.82, 2.24) is 0 Å². The van der Waals surface area contributed by atoms with Gasteiger partial charge in [0.15, 0.2) is 0 Å². The summed E-state index contributed by atoms with van der Waals surface area (Å²) >= 11 is 3.43. The van der Waals surface area contributed by atoms with Gasteiger partial charge in [-0.05, 0) is 42.3 Å². The first-order chi connectivity index (χ1) is 8.79. The third kappa shape index (κ3) is 3.38. The number of hydrogen-bond acceptors (Lipinski definition) is 1. The largest absolute Gasteiger partial charge is 0.481 e. The lowest BCUT2D eigenvalue weighted by molar-refractivity contribution is 0.370. The Bertz CT molecular complexity index is 576. The van der Waals surface area contributed by atoms with Gasteiger partial charge in [-0.3, -0.25) is 0 Å². The molecule has 2 aromatic carbocycles. The lowest BCUT2D eigenvalue weighted by Crippen LogP contribution is -1.93. The van der Waals surface area contributed by atoms with E-state index in [1.54, 1.807) is 0 Å². The van der Waals surface area contributed by atoms with Crippen molar-refractivity contribution in [1.29, 1.82) is 0 Å². The number of rotatable bonds is 3. The van der Waals surface area contributed by atoms with E-state index in [0.29, 0.717) is 6.61 Å². The van der Waals surface area contributed by atoms with Crippen LogP contribution in [0.2, 0.25) is 0 Å². The van der Waals surface area contributed by atoms with E-state index in [1.807, 2.05) is 37.3 Å². The second-order valence-corrected chi connectivity index (χ2v) is 4.67. The molecule has 90 valence electrons. The van der Waals surface area contributed by atoms with Gasteiger partial charge in [-0.15, -0.1) is 5.92 Å². The van der Waals surface area contributed by atoms with Gasteiger partial charge in [0.2, 0.25) is 0 Å². The van der Waals surface area contributed by atoms with Crippen molar-refractivity contribution in [3.05, 3.63) is 53.0 Å². The zero-order valence-electron chi connectivity index (χ0n) is 10.1. The Morgan fingerprint density at radius 2 is 1.83 bits per heavy atom. The molecule has 0 radical (unpaired) electrons. The molecule has 0 spiro atoms. The van der Waals surface area contributed by atoms with E-state index in [4.69, 9.17) is 4.74 Å². The van der Waals surface area contributed by atoms with E-state index >= 15 is 0 Å². The van der Waals surface area contributed by atoms with Gasteiger partial charge in [-0.2, -0.15) is 0 Å². The Balaban J connectivity index is 2.20. The number of ether oxygens (including phenoxy) is 1. The molecule has 0 saturated carbocycles. The highest BCUT2D eigenvalue weighted by atomic mass is 79.9. The Kier molecular flexibility index (Phi) is 4.44. The van der Waals surface area contributed by atoms with Crippen molar-refractivity contribution in [2.45, 2.75) is 6.92 Å². The summed E-state index contributed by atoms with van der Waals surface area (Å²) in [6, 6.07) is 16.3. The van der Waals surface area contributed by atoms with Gasteiger partial charge in [-0.25, -0.2) is 0 Å². The van der Waals surface area contributed by atoms with E-state index in [-0.39, 0.29) is 0 Å². The number of halogens is 1. The lowest BCUT2D eigenvalue weighted by Gasteiger charge is -2.06. The van der Waals surface area contributed by atoms with Crippen LogP contribution in [-0.4, -0.2) is 6.61 Å². The molecule has 0 atom stereocenters. The van der Waals surface area contributed by atoms with E-state index in [1.165, 1.54) is 5.56 Å². The normalized spacial score (nSPS) is 9.44. The molecule has 2 aromatic rings. The maximum atomic E-state index is 5.55. The molecule has 2 rings (SSSR count). The van der Waals surface area contributed by atoms with Gasteiger partial charge in [-0.1, -0.05) is 46.1 Å². The van der Waals surface area contributed by atoms with Crippen LogP contribution in [0.4, 0.5) is 0 Å². The van der Waals surface area contributed by atoms with E-state index < -0.39 is 0 Å². The van der Waals surface area contributed by atoms with E-state index in [0.717, 1.165) is 15.8 Å². The second-order valence-electron chi connectivity index (χ2n) is 3.75. The van der Waals surface area contributed by atoms with Crippen LogP contribution in [0.5, 0.6) is 5.75 Å². The first-order valence-corrected chi connectivity index (χ1v) is 6.47. The Hall–Kier alpha value is -1.72. The predicted octanol–water partition coefficient (Wildman–Crippen LogP) is 4.52. The summed E-state index contributed by atoms with van der Waals surface area (Å²) in [4.78, 5) is 0. The van der Waals surface area contributed by atoms with Crippen LogP contribution in [-0.2, 0) is 0 Å². The molecule has 18 heavy (non-hydrogen) atoms. The van der Waals surface area contributed by atoms with Crippen molar-refractivity contribution in [2.75, 3.05) is 6.61 Å². The molecule has 0 unspecified atom stereocenters. The molecule has 0 bridgehead atoms. The first kappa shape index (κ1) is 12.7. The van der Waals surface area contributed by atoms with Gasteiger partial charge in [0, 0.05) is 4.47 Å². The minimum Gasteiger partial charge on any atom is -0.481 e. The molecule has 0 fully saturated rings. The highest BCUT2D eigenvalue weighted by Gasteiger charge is 1.99. The van der Waals surface area contributed by atoms with Gasteiger partial charge in [0.25, 0.3) is 0 Å². The Morgan fingerprint density at radius 1 is 1.06 bits per heavy atom. The molecular formula is C16H13BrO. The maximum absolute atomic E-state index is 5.55. The molecule has 1 nitrogen and oxygen atoms in total. The zero-order valence-corrected chi connectivity index (χ0v) is 11.7. The fourth-order valence-corrected chi connectivity index (χ4v) is 1.86. The van der Waals surface area contributed by atoms with Crippen molar-refractivity contribution in [2.24, 2.45) is 0 Å². The van der Waals surface area contributed by atoms with E-state index in [2.05, 4.69) is 46.0 Å². The monoisotopic (exact) mass is 300 g/mol. The topological polar surface area (TPSA) is 9.23 Å². The SMILES string of the molecule is CC#CCOc1cccc(-c2ccc(Br)cc2)c1. The quantitative estimate of drug-likeness (QED) is 0.757. The molecule has 0 aromatic heterocycles. The van der Waals surface area contributed by atoms with Gasteiger partial charge in [0.1, 0.15) is 12.4 Å². The summed E-state index contributed by atoms with van der Waals surface area (Å²) in [7, 11) is 0. The summed E-state index contributed by atoms with van der Waals surface area (Å²) in [6.45, 7) is 2.24. The van der Waals surface area contributed by atoms with Crippen molar-refractivity contribution < 1.29 is 4.74 Å². The van der Waals surface area contributed by atoms with E-state index in [9.17, 15) is 0 Å². The van der Waals surface area contributed by atoms with Crippen molar-refractivity contribution in [3.8, 4) is 28.7 Å². The molecular weight excluding hydrogens is 288 g/mol. The van der Waals surface area contributed by atoms with Crippen LogP contribution in [0, 0.1) is 11.8 Å². The zero-order chi connectivity index (χ0) is 12.8. The summed E-state index contributed by atoms with van der Waals surface area (Å²) in [5.41, 5.74) is 2.31. The van der Waals surface area contributed by atoms with Gasteiger partial charge < -0.3 is 4.74 Å². The minimum atomic E-state index is 0.431. The second kappa shape index (κ2) is 6.28.